The van der Waals surface area contributed by atoms with Crippen LogP contribution in [-0.2, 0) is 25.7 Å². The predicted molar refractivity (Wildman–Crippen MR) is 73.7 cm³/mol. The van der Waals surface area contributed by atoms with Gasteiger partial charge in [-0.1, -0.05) is 0 Å². The summed E-state index contributed by atoms with van der Waals surface area (Å²) in [6, 6.07) is 2.68. The van der Waals surface area contributed by atoms with Crippen LogP contribution in [0.3, 0.4) is 0 Å². The third kappa shape index (κ3) is 4.08. The molecule has 120 valence electrons. The first kappa shape index (κ1) is 16.0. The van der Waals surface area contributed by atoms with Crippen LogP contribution in [0.2, 0.25) is 0 Å². The first-order valence-electron chi connectivity index (χ1n) is 6.96. The number of carbonyl (C=O) groups is 3. The number of ether oxygens (including phenoxy) is 1. The molecule has 1 unspecified atom stereocenters. The molecule has 3 atom stereocenters. The topological polar surface area (TPSA) is 118 Å². The molecule has 0 saturated carbocycles. The molecule has 0 bridgehead atoms. The molecule has 0 spiro atoms. The molecule has 1 saturated heterocycles. The van der Waals surface area contributed by atoms with Gasteiger partial charge in [0, 0.05) is 0 Å². The number of carboxylic acid groups (broad SMARTS) is 1. The molecular weight excluding hydrogens is 292 g/mol. The minimum Gasteiger partial charge on any atom is -0.479 e. The van der Waals surface area contributed by atoms with Crippen LogP contribution < -0.4 is 10.6 Å². The lowest BCUT2D eigenvalue weighted by Gasteiger charge is -2.16. The van der Waals surface area contributed by atoms with Gasteiger partial charge in [-0.05, 0) is 31.9 Å². The lowest BCUT2D eigenvalue weighted by molar-refractivity contribution is -0.152. The number of rotatable bonds is 6. The molecule has 2 heterocycles. The molecule has 22 heavy (non-hydrogen) atoms. The van der Waals surface area contributed by atoms with Crippen molar-refractivity contribution in [2.24, 2.45) is 0 Å². The molecular formula is C14H18N2O6. The van der Waals surface area contributed by atoms with Gasteiger partial charge in [-0.15, -0.1) is 0 Å². The second kappa shape index (κ2) is 7.08. The summed E-state index contributed by atoms with van der Waals surface area (Å²) in [5.74, 6) is -1.32. The minimum atomic E-state index is -1.08. The monoisotopic (exact) mass is 310 g/mol. The second-order valence-electron chi connectivity index (χ2n) is 5.06. The Morgan fingerprint density at radius 1 is 1.36 bits per heavy atom. The average molecular weight is 310 g/mol. The van der Waals surface area contributed by atoms with Crippen molar-refractivity contribution < 1.29 is 28.6 Å². The van der Waals surface area contributed by atoms with Gasteiger partial charge in [-0.3, -0.25) is 9.59 Å². The Bertz CT molecular complexity index is 542. The van der Waals surface area contributed by atoms with Crippen molar-refractivity contribution in [1.82, 2.24) is 10.6 Å². The zero-order chi connectivity index (χ0) is 16.1. The van der Waals surface area contributed by atoms with Crippen LogP contribution in [0.1, 0.15) is 25.5 Å². The van der Waals surface area contributed by atoms with Gasteiger partial charge in [0.05, 0.1) is 12.8 Å². The summed E-state index contributed by atoms with van der Waals surface area (Å²) < 4.78 is 10.2. The Labute approximate surface area is 126 Å². The molecule has 1 aromatic heterocycles. The predicted octanol–water partition coefficient (Wildman–Crippen LogP) is 0.0327. The highest BCUT2D eigenvalue weighted by Crippen LogP contribution is 2.20. The van der Waals surface area contributed by atoms with Crippen LogP contribution in [0.5, 0.6) is 0 Å². The number of hydrogen-bond acceptors (Lipinski definition) is 5. The van der Waals surface area contributed by atoms with Gasteiger partial charge in [0.25, 0.3) is 0 Å². The summed E-state index contributed by atoms with van der Waals surface area (Å²) in [5, 5.41) is 14.0. The zero-order valence-corrected chi connectivity index (χ0v) is 12.1. The number of furan rings is 1. The van der Waals surface area contributed by atoms with Crippen LogP contribution in [0.4, 0.5) is 0 Å². The quantitative estimate of drug-likeness (QED) is 0.682. The van der Waals surface area contributed by atoms with Crippen LogP contribution in [0.15, 0.2) is 22.8 Å². The van der Waals surface area contributed by atoms with Crippen molar-refractivity contribution >= 4 is 17.8 Å². The smallest absolute Gasteiger partial charge is 0.332 e. The number of carboxylic acids is 1. The van der Waals surface area contributed by atoms with Gasteiger partial charge >= 0.3 is 5.97 Å². The van der Waals surface area contributed by atoms with E-state index in [1.165, 1.54) is 6.26 Å². The Hall–Kier alpha value is -2.35. The van der Waals surface area contributed by atoms with Gasteiger partial charge in [0.2, 0.25) is 11.8 Å². The lowest BCUT2D eigenvalue weighted by atomic mass is 10.2. The van der Waals surface area contributed by atoms with E-state index in [1.807, 2.05) is 0 Å². The summed E-state index contributed by atoms with van der Waals surface area (Å²) in [6.45, 7) is 1.77. The van der Waals surface area contributed by atoms with E-state index >= 15 is 0 Å². The number of nitrogens with one attached hydrogen (secondary N) is 2. The molecule has 2 rings (SSSR count). The summed E-state index contributed by atoms with van der Waals surface area (Å²) in [6.07, 6.45) is 0.319. The maximum absolute atomic E-state index is 11.9. The Morgan fingerprint density at radius 3 is 2.68 bits per heavy atom. The molecule has 8 nitrogen and oxygen atoms in total. The van der Waals surface area contributed by atoms with Crippen LogP contribution in [0, 0.1) is 0 Å². The first-order chi connectivity index (χ1) is 10.5. The van der Waals surface area contributed by atoms with Gasteiger partial charge in [-0.25, -0.2) is 4.79 Å². The zero-order valence-electron chi connectivity index (χ0n) is 12.1. The highest BCUT2D eigenvalue weighted by Gasteiger charge is 2.35. The maximum atomic E-state index is 11.9. The molecule has 1 aliphatic rings. The van der Waals surface area contributed by atoms with E-state index in [9.17, 15) is 14.4 Å². The molecule has 2 amide bonds. The molecule has 1 aliphatic heterocycles. The van der Waals surface area contributed by atoms with E-state index in [4.69, 9.17) is 14.3 Å². The summed E-state index contributed by atoms with van der Waals surface area (Å²) >= 11 is 0. The molecule has 0 aromatic carbocycles. The van der Waals surface area contributed by atoms with Crippen LogP contribution in [-0.4, -0.2) is 41.1 Å². The SMILES string of the molecule is CC(NC(=O)[C@@H]1CC[C@H](C(=O)O)O1)C(=O)NCc1ccco1. The molecule has 0 radical (unpaired) electrons. The Morgan fingerprint density at radius 2 is 2.09 bits per heavy atom. The molecule has 1 fully saturated rings. The molecule has 0 aliphatic carbocycles. The van der Waals surface area contributed by atoms with Crippen LogP contribution >= 0.6 is 0 Å². The van der Waals surface area contributed by atoms with Crippen LogP contribution in [0.25, 0.3) is 0 Å². The number of amides is 2. The molecule has 3 N–H and O–H groups in total. The van der Waals surface area contributed by atoms with Gasteiger partial charge in [0.15, 0.2) is 6.10 Å². The average Bonchev–Trinajstić information content (AvgIpc) is 3.15. The van der Waals surface area contributed by atoms with Crippen molar-refractivity contribution in [3.63, 3.8) is 0 Å². The fraction of sp³-hybridized carbons (Fsp3) is 0.500. The van der Waals surface area contributed by atoms with E-state index in [-0.39, 0.29) is 18.9 Å². The first-order valence-corrected chi connectivity index (χ1v) is 6.96. The minimum absolute atomic E-state index is 0.229. The molecule has 1 aromatic rings. The third-order valence-corrected chi connectivity index (χ3v) is 3.36. The van der Waals surface area contributed by atoms with Crippen molar-refractivity contribution in [2.75, 3.05) is 0 Å². The number of hydrogen-bond donors (Lipinski definition) is 3. The summed E-state index contributed by atoms with van der Waals surface area (Å²) in [7, 11) is 0. The van der Waals surface area contributed by atoms with Gasteiger partial charge in [0.1, 0.15) is 17.9 Å². The fourth-order valence-electron chi connectivity index (χ4n) is 2.12. The maximum Gasteiger partial charge on any atom is 0.332 e. The third-order valence-electron chi connectivity index (χ3n) is 3.36. The fourth-order valence-corrected chi connectivity index (χ4v) is 2.12. The second-order valence-corrected chi connectivity index (χ2v) is 5.06. The van der Waals surface area contributed by atoms with Gasteiger partial charge in [-0.2, -0.15) is 0 Å². The van der Waals surface area contributed by atoms with Crippen molar-refractivity contribution in [1.29, 1.82) is 0 Å². The Kier molecular flexibility index (Phi) is 5.16. The highest BCUT2D eigenvalue weighted by atomic mass is 16.5. The van der Waals surface area contributed by atoms with E-state index in [0.717, 1.165) is 0 Å². The highest BCUT2D eigenvalue weighted by molar-refractivity contribution is 5.89. The van der Waals surface area contributed by atoms with E-state index in [2.05, 4.69) is 10.6 Å². The largest absolute Gasteiger partial charge is 0.479 e. The van der Waals surface area contributed by atoms with Crippen molar-refractivity contribution in [3.05, 3.63) is 24.2 Å². The summed E-state index contributed by atoms with van der Waals surface area (Å²) in [4.78, 5) is 34.6. The normalized spacial score (nSPS) is 22.0. The Balaban J connectivity index is 1.76. The van der Waals surface area contributed by atoms with E-state index in [1.54, 1.807) is 19.1 Å². The van der Waals surface area contributed by atoms with E-state index < -0.39 is 30.1 Å². The summed E-state index contributed by atoms with van der Waals surface area (Å²) in [5.41, 5.74) is 0. The van der Waals surface area contributed by atoms with E-state index in [0.29, 0.717) is 12.2 Å². The molecule has 8 heteroatoms. The van der Waals surface area contributed by atoms with Crippen molar-refractivity contribution in [3.8, 4) is 0 Å². The number of aliphatic carboxylic acids is 1. The van der Waals surface area contributed by atoms with Gasteiger partial charge < -0.3 is 24.9 Å². The van der Waals surface area contributed by atoms with Crippen molar-refractivity contribution in [2.45, 2.75) is 44.6 Å². The lowest BCUT2D eigenvalue weighted by Crippen LogP contribution is -2.48. The standard InChI is InChI=1S/C14H18N2O6/c1-8(12(17)15-7-9-3-2-6-21-9)16-13(18)10-4-5-11(22-10)14(19)20/h2-3,6,8,10-11H,4-5,7H2,1H3,(H,15,17)(H,16,18)(H,19,20)/t8?,10-,11+/m0/s1. The number of carbonyl (C=O) groups excluding carboxylic acids is 2.